The van der Waals surface area contributed by atoms with Crippen LogP contribution in [0.25, 0.3) is 5.00 Å². The molecule has 3 heterocycles. The van der Waals surface area contributed by atoms with Gasteiger partial charge in [0, 0.05) is 41.0 Å². The molecule has 0 bridgehead atoms. The largest absolute Gasteiger partial charge is 0.349 e. The molecule has 1 aromatic carbocycles. The molecule has 2 atom stereocenters. The zero-order valence-electron chi connectivity index (χ0n) is 25.3. The van der Waals surface area contributed by atoms with E-state index in [0.717, 1.165) is 33.2 Å². The monoisotopic (exact) mass is 636 g/mol. The molecule has 2 radical (unpaired) electrons. The molecule has 43 heavy (non-hydrogen) atoms. The summed E-state index contributed by atoms with van der Waals surface area (Å²) < 4.78 is 2.02. The summed E-state index contributed by atoms with van der Waals surface area (Å²) in [6.45, 7) is 10.2. The van der Waals surface area contributed by atoms with E-state index in [-0.39, 0.29) is 23.6 Å². The number of carbonyl (C=O) groups excluding carboxylic acids is 2. The van der Waals surface area contributed by atoms with Gasteiger partial charge in [-0.1, -0.05) is 29.7 Å². The fourth-order valence-electron chi connectivity index (χ4n) is 5.24. The fourth-order valence-corrected chi connectivity index (χ4v) is 6.80. The molecule has 1 N–H and O–H groups in total. The lowest BCUT2D eigenvalue weighted by Crippen LogP contribution is -2.52. The van der Waals surface area contributed by atoms with Crippen LogP contribution in [0.5, 0.6) is 0 Å². The Labute approximate surface area is 268 Å². The van der Waals surface area contributed by atoms with E-state index >= 15 is 0 Å². The molecule has 2 amide bonds. The Bertz CT molecular complexity index is 1600. The van der Waals surface area contributed by atoms with Gasteiger partial charge in [0.05, 0.1) is 23.0 Å². The molecule has 1 aliphatic rings. The Kier molecular flexibility index (Phi) is 10.4. The number of hydrogen-bond donors (Lipinski definition) is 1. The Balaban J connectivity index is 1.55. The highest BCUT2D eigenvalue weighted by atomic mass is 35.5. The summed E-state index contributed by atoms with van der Waals surface area (Å²) in [7, 11) is 6.93. The number of alkyl halides is 1. The number of amides is 2. The zero-order valence-corrected chi connectivity index (χ0v) is 27.6. The second-order valence-corrected chi connectivity index (χ2v) is 13.6. The minimum atomic E-state index is -0.690. The number of nitrogens with one attached hydrogen (secondary N) is 1. The van der Waals surface area contributed by atoms with Crippen molar-refractivity contribution in [2.45, 2.75) is 77.3 Å². The number of aromatic nitrogens is 3. The highest BCUT2D eigenvalue weighted by molar-refractivity contribution is 7.15. The third-order valence-corrected chi connectivity index (χ3v) is 9.13. The van der Waals surface area contributed by atoms with Crippen LogP contribution in [0.4, 0.5) is 0 Å². The first kappa shape index (κ1) is 32.8. The second kappa shape index (κ2) is 13.7. The Morgan fingerprint density at radius 3 is 2.58 bits per heavy atom. The Morgan fingerprint density at radius 2 is 1.91 bits per heavy atom. The van der Waals surface area contributed by atoms with Crippen molar-refractivity contribution in [3.8, 4) is 16.7 Å². The number of aliphatic imine (C=N–C) groups is 1. The molecule has 224 valence electrons. The molecule has 2 unspecified atom stereocenters. The number of fused-ring (bicyclic) bond motifs is 3. The predicted molar refractivity (Wildman–Crippen MR) is 175 cm³/mol. The lowest BCUT2D eigenvalue weighted by Gasteiger charge is -2.32. The van der Waals surface area contributed by atoms with Crippen LogP contribution in [0.2, 0.25) is 5.02 Å². The Hall–Kier alpha value is -3.13. The molecular weight excluding hydrogens is 602 g/mol. The first-order valence-electron chi connectivity index (χ1n) is 14.1. The molecule has 0 saturated heterocycles. The molecule has 0 fully saturated rings. The number of nitrogens with zero attached hydrogens (tertiary/aromatic N) is 5. The van der Waals surface area contributed by atoms with Crippen LogP contribution >= 0.6 is 34.5 Å². The Morgan fingerprint density at radius 1 is 1.21 bits per heavy atom. The summed E-state index contributed by atoms with van der Waals surface area (Å²) in [6.07, 6.45) is 1.56. The number of rotatable bonds is 10. The van der Waals surface area contributed by atoms with Gasteiger partial charge in [0.15, 0.2) is 13.7 Å². The second-order valence-electron chi connectivity index (χ2n) is 11.4. The van der Waals surface area contributed by atoms with E-state index in [1.54, 1.807) is 23.3 Å². The van der Waals surface area contributed by atoms with Gasteiger partial charge in [-0.2, -0.15) is 5.82 Å². The number of hydrogen-bond acceptors (Lipinski definition) is 6. The van der Waals surface area contributed by atoms with Gasteiger partial charge in [0.25, 0.3) is 0 Å². The summed E-state index contributed by atoms with van der Waals surface area (Å²) in [5.74, 6) is 6.08. The molecule has 0 spiro atoms. The van der Waals surface area contributed by atoms with E-state index in [9.17, 15) is 9.59 Å². The average molecular weight is 637 g/mol. The highest BCUT2D eigenvalue weighted by Gasteiger charge is 2.33. The number of thiophene rings is 1. The van der Waals surface area contributed by atoms with Crippen molar-refractivity contribution in [3.63, 3.8) is 0 Å². The zero-order chi connectivity index (χ0) is 31.5. The fraction of sp³-hybridized carbons (Fsp3) is 0.452. The molecule has 0 saturated carbocycles. The van der Waals surface area contributed by atoms with Crippen molar-refractivity contribution in [1.29, 1.82) is 0 Å². The van der Waals surface area contributed by atoms with Gasteiger partial charge in [-0.15, -0.1) is 33.1 Å². The van der Waals surface area contributed by atoms with E-state index in [1.807, 2.05) is 49.6 Å². The van der Waals surface area contributed by atoms with E-state index in [1.165, 1.54) is 4.88 Å². The van der Waals surface area contributed by atoms with Crippen molar-refractivity contribution in [2.75, 3.05) is 13.6 Å². The van der Waals surface area contributed by atoms with Gasteiger partial charge >= 0.3 is 0 Å². The summed E-state index contributed by atoms with van der Waals surface area (Å²) in [6, 6.07) is 6.99. The standard InChI is InChI=1S/C31H35BCl2N6O2S/c1-18-19(2)43-30-27(18)28(21-10-12-23(34)13-11-21)35-24(29-38-37-20(3)40(29)30)16-25(41)36-31(4,5)17-39(6)26(42)9-7-8-22(33)14-15-32/h10-13,22,24H,7-9,16-17H2,1-6H3,(H,36,41). The van der Waals surface area contributed by atoms with E-state index in [4.69, 9.17) is 36.0 Å². The number of likely N-dealkylation sites (N-methyl/N-ethyl adjacent to an activating group) is 1. The van der Waals surface area contributed by atoms with Gasteiger partial charge < -0.3 is 10.2 Å². The molecule has 3 aromatic rings. The summed E-state index contributed by atoms with van der Waals surface area (Å²) in [5, 5.41) is 13.2. The van der Waals surface area contributed by atoms with E-state index < -0.39 is 11.6 Å². The van der Waals surface area contributed by atoms with Crippen LogP contribution in [0, 0.1) is 32.5 Å². The van der Waals surface area contributed by atoms with Crippen LogP contribution in [0.3, 0.4) is 0 Å². The van der Waals surface area contributed by atoms with Crippen molar-refractivity contribution >= 4 is 59.9 Å². The minimum absolute atomic E-state index is 0.0340. The normalized spacial score (nSPS) is 14.9. The van der Waals surface area contributed by atoms with Gasteiger partial charge in [-0.25, -0.2) is 0 Å². The number of benzene rings is 1. The SMILES string of the molecule is [B]C#CC(Cl)CCCC(=O)N(C)CC(C)(C)NC(=O)CC1N=C(c2ccc(Cl)cc2)c2c(sc(C)c2C)-n2c(C)nnc21. The van der Waals surface area contributed by atoms with Gasteiger partial charge in [-0.3, -0.25) is 19.1 Å². The molecule has 1 aliphatic heterocycles. The van der Waals surface area contributed by atoms with E-state index in [0.29, 0.717) is 36.7 Å². The van der Waals surface area contributed by atoms with Crippen LogP contribution in [0.15, 0.2) is 29.3 Å². The first-order chi connectivity index (χ1) is 20.3. The lowest BCUT2D eigenvalue weighted by molar-refractivity contribution is -0.132. The van der Waals surface area contributed by atoms with Crippen LogP contribution in [-0.2, 0) is 9.59 Å². The minimum Gasteiger partial charge on any atom is -0.349 e. The summed E-state index contributed by atoms with van der Waals surface area (Å²) in [5.41, 5.74) is 3.14. The third-order valence-electron chi connectivity index (χ3n) is 7.36. The summed E-state index contributed by atoms with van der Waals surface area (Å²) >= 11 is 13.9. The van der Waals surface area contributed by atoms with Crippen molar-refractivity contribution in [2.24, 2.45) is 4.99 Å². The third kappa shape index (κ3) is 7.70. The van der Waals surface area contributed by atoms with Crippen molar-refractivity contribution in [1.82, 2.24) is 25.0 Å². The molecule has 4 rings (SSSR count). The van der Waals surface area contributed by atoms with Gasteiger partial charge in [-0.05, 0) is 65.2 Å². The predicted octanol–water partition coefficient (Wildman–Crippen LogP) is 5.45. The molecule has 2 aromatic heterocycles. The number of aryl methyl sites for hydroxylation is 2. The topological polar surface area (TPSA) is 92.5 Å². The average Bonchev–Trinajstić information content (AvgIpc) is 3.40. The number of halogens is 2. The smallest absolute Gasteiger partial charge is 0.223 e. The summed E-state index contributed by atoms with van der Waals surface area (Å²) in [4.78, 5) is 34.2. The molecule has 8 nitrogen and oxygen atoms in total. The maximum absolute atomic E-state index is 13.5. The first-order valence-corrected chi connectivity index (χ1v) is 15.7. The van der Waals surface area contributed by atoms with Crippen LogP contribution in [0.1, 0.15) is 78.8 Å². The van der Waals surface area contributed by atoms with Gasteiger partial charge in [0.1, 0.15) is 16.9 Å². The quantitative estimate of drug-likeness (QED) is 0.182. The molecular formula is C31H35BCl2N6O2S. The number of carbonyl (C=O) groups is 2. The van der Waals surface area contributed by atoms with Gasteiger partial charge in [0.2, 0.25) is 11.8 Å². The van der Waals surface area contributed by atoms with Crippen molar-refractivity contribution in [3.05, 3.63) is 62.5 Å². The maximum Gasteiger partial charge on any atom is 0.223 e. The lowest BCUT2D eigenvalue weighted by atomic mass is 9.99. The van der Waals surface area contributed by atoms with Crippen LogP contribution < -0.4 is 5.32 Å². The van der Waals surface area contributed by atoms with E-state index in [2.05, 4.69) is 41.1 Å². The molecule has 0 aliphatic carbocycles. The molecule has 12 heteroatoms. The maximum atomic E-state index is 13.5. The van der Waals surface area contributed by atoms with Crippen LogP contribution in [-0.4, -0.2) is 69.5 Å². The van der Waals surface area contributed by atoms with Crippen molar-refractivity contribution < 1.29 is 9.59 Å². The highest BCUT2D eigenvalue weighted by Crippen LogP contribution is 2.39.